The Balaban J connectivity index is 1.72. The lowest BCUT2D eigenvalue weighted by atomic mass is 10.1. The van der Waals surface area contributed by atoms with Gasteiger partial charge in [0.1, 0.15) is 9.88 Å². The highest BCUT2D eigenvalue weighted by atomic mass is 32.1. The second-order valence-electron chi connectivity index (χ2n) is 6.93. The van der Waals surface area contributed by atoms with E-state index >= 15 is 0 Å². The van der Waals surface area contributed by atoms with Gasteiger partial charge in [-0.2, -0.15) is 0 Å². The summed E-state index contributed by atoms with van der Waals surface area (Å²) in [5.74, 6) is 0.0146. The van der Waals surface area contributed by atoms with Crippen LogP contribution in [0.3, 0.4) is 0 Å². The maximum atomic E-state index is 12.6. The molecule has 1 amide bonds. The Kier molecular flexibility index (Phi) is 5.39. The number of carbonyl (C=O) groups excluding carboxylic acids is 1. The van der Waals surface area contributed by atoms with Gasteiger partial charge in [0.2, 0.25) is 0 Å². The highest BCUT2D eigenvalue weighted by Gasteiger charge is 2.22. The number of aryl methyl sites for hydroxylation is 1. The van der Waals surface area contributed by atoms with Crippen molar-refractivity contribution in [1.29, 1.82) is 0 Å². The average molecular weight is 359 g/mol. The fraction of sp³-hybridized carbons (Fsp3) is 0.474. The molecule has 1 saturated heterocycles. The number of thiazole rings is 1. The average Bonchev–Trinajstić information content (AvgIpc) is 2.99. The Morgan fingerprint density at radius 1 is 1.24 bits per heavy atom. The largest absolute Gasteiger partial charge is 0.378 e. The molecule has 0 bridgehead atoms. The molecule has 0 saturated carbocycles. The molecule has 0 atom stereocenters. The number of aromatic nitrogens is 1. The van der Waals surface area contributed by atoms with Gasteiger partial charge in [0.25, 0.3) is 5.91 Å². The van der Waals surface area contributed by atoms with Crippen molar-refractivity contribution in [3.8, 4) is 10.6 Å². The summed E-state index contributed by atoms with van der Waals surface area (Å²) in [5, 5.41) is 4.08. The van der Waals surface area contributed by atoms with Crippen LogP contribution in [0.25, 0.3) is 10.6 Å². The summed E-state index contributed by atoms with van der Waals surface area (Å²) in [7, 11) is 6.17. The first-order chi connectivity index (χ1) is 11.9. The molecule has 1 aromatic carbocycles. The molecule has 1 aliphatic heterocycles. The number of likely N-dealkylation sites (tertiary alicyclic amines) is 1. The number of piperidine rings is 1. The zero-order valence-corrected chi connectivity index (χ0v) is 16.2. The van der Waals surface area contributed by atoms with Crippen LogP contribution in [0.4, 0.5) is 5.69 Å². The Bertz CT molecular complexity index is 730. The van der Waals surface area contributed by atoms with Crippen molar-refractivity contribution < 1.29 is 4.79 Å². The summed E-state index contributed by atoms with van der Waals surface area (Å²) < 4.78 is 0. The molecule has 6 heteroatoms. The Labute approximate surface area is 153 Å². The molecular weight excluding hydrogens is 332 g/mol. The van der Waals surface area contributed by atoms with E-state index in [1.54, 1.807) is 0 Å². The standard InChI is InChI=1S/C19H26N4OS/c1-13-17(18(24)21-15-9-11-23(4)12-10-15)25-19(20-13)14-5-7-16(8-6-14)22(2)3/h5-8,15H,9-12H2,1-4H3,(H,21,24). The molecule has 3 rings (SSSR count). The van der Waals surface area contributed by atoms with Crippen LogP contribution in [0.2, 0.25) is 0 Å². The molecule has 5 nitrogen and oxygen atoms in total. The summed E-state index contributed by atoms with van der Waals surface area (Å²) in [6.07, 6.45) is 2.03. The fourth-order valence-electron chi connectivity index (χ4n) is 3.04. The van der Waals surface area contributed by atoms with Gasteiger partial charge in [-0.05, 0) is 64.2 Å². The summed E-state index contributed by atoms with van der Waals surface area (Å²) in [4.78, 5) is 22.4. The van der Waals surface area contributed by atoms with Gasteiger partial charge in [0, 0.05) is 31.4 Å². The highest BCUT2D eigenvalue weighted by Crippen LogP contribution is 2.29. The smallest absolute Gasteiger partial charge is 0.263 e. The van der Waals surface area contributed by atoms with E-state index in [0.717, 1.165) is 52.8 Å². The van der Waals surface area contributed by atoms with E-state index in [9.17, 15) is 4.79 Å². The molecule has 2 aromatic rings. The summed E-state index contributed by atoms with van der Waals surface area (Å²) in [6.45, 7) is 3.99. The SMILES string of the molecule is Cc1nc(-c2ccc(N(C)C)cc2)sc1C(=O)NC1CCN(C)CC1. The number of rotatable bonds is 4. The summed E-state index contributed by atoms with van der Waals surface area (Å²) in [6, 6.07) is 8.54. The van der Waals surface area contributed by atoms with Crippen LogP contribution < -0.4 is 10.2 Å². The maximum absolute atomic E-state index is 12.6. The van der Waals surface area contributed by atoms with Gasteiger partial charge in [0.05, 0.1) is 5.69 Å². The van der Waals surface area contributed by atoms with Crippen LogP contribution >= 0.6 is 11.3 Å². The Hall–Kier alpha value is -1.92. The normalized spacial score (nSPS) is 16.0. The lowest BCUT2D eigenvalue weighted by Gasteiger charge is -2.29. The van der Waals surface area contributed by atoms with E-state index in [1.165, 1.54) is 11.3 Å². The molecule has 1 fully saturated rings. The molecule has 1 N–H and O–H groups in total. The van der Waals surface area contributed by atoms with E-state index < -0.39 is 0 Å². The minimum atomic E-state index is 0.0146. The molecule has 2 heterocycles. The number of nitrogens with zero attached hydrogens (tertiary/aromatic N) is 3. The Morgan fingerprint density at radius 2 is 1.88 bits per heavy atom. The molecular formula is C19H26N4OS. The van der Waals surface area contributed by atoms with E-state index in [0.29, 0.717) is 0 Å². The van der Waals surface area contributed by atoms with Gasteiger partial charge >= 0.3 is 0 Å². The van der Waals surface area contributed by atoms with E-state index in [4.69, 9.17) is 0 Å². The maximum Gasteiger partial charge on any atom is 0.263 e. The topological polar surface area (TPSA) is 48.5 Å². The lowest BCUT2D eigenvalue weighted by Crippen LogP contribution is -2.43. The predicted octanol–water partition coefficient (Wildman–Crippen LogP) is 3.01. The third-order valence-electron chi connectivity index (χ3n) is 4.69. The van der Waals surface area contributed by atoms with Crippen molar-refractivity contribution in [2.45, 2.75) is 25.8 Å². The van der Waals surface area contributed by atoms with Crippen molar-refractivity contribution >= 4 is 22.9 Å². The number of benzene rings is 1. The number of hydrogen-bond donors (Lipinski definition) is 1. The van der Waals surface area contributed by atoms with Crippen LogP contribution in [-0.2, 0) is 0 Å². The third-order valence-corrected chi connectivity index (χ3v) is 5.89. The molecule has 0 aliphatic carbocycles. The molecule has 0 unspecified atom stereocenters. The predicted molar refractivity (Wildman–Crippen MR) is 105 cm³/mol. The van der Waals surface area contributed by atoms with Gasteiger partial charge in [-0.1, -0.05) is 0 Å². The van der Waals surface area contributed by atoms with Gasteiger partial charge in [-0.3, -0.25) is 4.79 Å². The molecule has 0 radical (unpaired) electrons. The fourth-order valence-corrected chi connectivity index (χ4v) is 4.01. The van der Waals surface area contributed by atoms with Crippen LogP contribution in [-0.4, -0.2) is 56.1 Å². The first kappa shape index (κ1) is 17.9. The Morgan fingerprint density at radius 3 is 2.48 bits per heavy atom. The zero-order chi connectivity index (χ0) is 18.0. The highest BCUT2D eigenvalue weighted by molar-refractivity contribution is 7.17. The van der Waals surface area contributed by atoms with Crippen molar-refractivity contribution in [2.75, 3.05) is 39.1 Å². The van der Waals surface area contributed by atoms with Crippen molar-refractivity contribution in [3.05, 3.63) is 34.8 Å². The summed E-state index contributed by atoms with van der Waals surface area (Å²) >= 11 is 1.48. The number of hydrogen-bond acceptors (Lipinski definition) is 5. The van der Waals surface area contributed by atoms with Crippen LogP contribution in [0.15, 0.2) is 24.3 Å². The number of anilines is 1. The second-order valence-corrected chi connectivity index (χ2v) is 7.92. The minimum absolute atomic E-state index is 0.0146. The summed E-state index contributed by atoms with van der Waals surface area (Å²) in [5.41, 5.74) is 3.01. The number of nitrogens with one attached hydrogen (secondary N) is 1. The van der Waals surface area contributed by atoms with Crippen molar-refractivity contribution in [3.63, 3.8) is 0 Å². The van der Waals surface area contributed by atoms with Crippen LogP contribution in [0, 0.1) is 6.92 Å². The number of amides is 1. The molecule has 0 spiro atoms. The van der Waals surface area contributed by atoms with Gasteiger partial charge in [0.15, 0.2) is 0 Å². The molecule has 25 heavy (non-hydrogen) atoms. The molecule has 1 aliphatic rings. The molecule has 134 valence electrons. The molecule has 1 aromatic heterocycles. The first-order valence-corrected chi connectivity index (χ1v) is 9.50. The van der Waals surface area contributed by atoms with Crippen LogP contribution in [0.1, 0.15) is 28.2 Å². The van der Waals surface area contributed by atoms with E-state index in [-0.39, 0.29) is 11.9 Å². The lowest BCUT2D eigenvalue weighted by molar-refractivity contribution is 0.0920. The van der Waals surface area contributed by atoms with Crippen LogP contribution in [0.5, 0.6) is 0 Å². The second kappa shape index (κ2) is 7.54. The van der Waals surface area contributed by atoms with Crippen molar-refractivity contribution in [2.24, 2.45) is 0 Å². The number of carbonyl (C=O) groups is 1. The zero-order valence-electron chi connectivity index (χ0n) is 15.4. The van der Waals surface area contributed by atoms with E-state index in [2.05, 4.69) is 51.4 Å². The quantitative estimate of drug-likeness (QED) is 0.913. The van der Waals surface area contributed by atoms with Gasteiger partial charge < -0.3 is 15.1 Å². The van der Waals surface area contributed by atoms with Gasteiger partial charge in [-0.25, -0.2) is 4.98 Å². The first-order valence-electron chi connectivity index (χ1n) is 8.68. The van der Waals surface area contributed by atoms with Crippen molar-refractivity contribution in [1.82, 2.24) is 15.2 Å². The third kappa shape index (κ3) is 4.19. The van der Waals surface area contributed by atoms with E-state index in [1.807, 2.05) is 21.0 Å². The van der Waals surface area contributed by atoms with Gasteiger partial charge in [-0.15, -0.1) is 11.3 Å². The monoisotopic (exact) mass is 358 g/mol. The minimum Gasteiger partial charge on any atom is -0.378 e.